The molecule has 2 N–H and O–H groups in total. The van der Waals surface area contributed by atoms with Gasteiger partial charge in [-0.1, -0.05) is 50.6 Å². The fourth-order valence-electron chi connectivity index (χ4n) is 2.18. The van der Waals surface area contributed by atoms with Crippen molar-refractivity contribution >= 4 is 11.9 Å². The van der Waals surface area contributed by atoms with E-state index in [-0.39, 0.29) is 17.7 Å². The second-order valence-corrected chi connectivity index (χ2v) is 6.12. The van der Waals surface area contributed by atoms with Crippen LogP contribution in [0.5, 0.6) is 0 Å². The molecule has 2 atom stereocenters. The van der Waals surface area contributed by atoms with Crippen LogP contribution in [-0.4, -0.2) is 23.0 Å². The van der Waals surface area contributed by atoms with E-state index < -0.39 is 12.0 Å². The summed E-state index contributed by atoms with van der Waals surface area (Å²) in [5.41, 5.74) is 2.26. The Morgan fingerprint density at radius 1 is 1.14 bits per heavy atom. The summed E-state index contributed by atoms with van der Waals surface area (Å²) >= 11 is 0. The Morgan fingerprint density at radius 2 is 1.71 bits per heavy atom. The van der Waals surface area contributed by atoms with Crippen LogP contribution >= 0.6 is 0 Å². The Labute approximate surface area is 126 Å². The summed E-state index contributed by atoms with van der Waals surface area (Å²) in [4.78, 5) is 23.3. The highest BCUT2D eigenvalue weighted by molar-refractivity contribution is 5.84. The summed E-state index contributed by atoms with van der Waals surface area (Å²) < 4.78 is 0. The number of aryl methyl sites for hydroxylation is 1. The van der Waals surface area contributed by atoms with Crippen LogP contribution in [0.1, 0.15) is 38.3 Å². The maximum atomic E-state index is 12.1. The average Bonchev–Trinajstić information content (AvgIpc) is 2.39. The molecular weight excluding hydrogens is 266 g/mol. The van der Waals surface area contributed by atoms with E-state index in [1.807, 2.05) is 52.0 Å². The van der Waals surface area contributed by atoms with E-state index in [0.717, 1.165) is 5.56 Å². The summed E-state index contributed by atoms with van der Waals surface area (Å²) in [5, 5.41) is 11.8. The Hall–Kier alpha value is -1.84. The first-order valence-corrected chi connectivity index (χ1v) is 7.38. The highest BCUT2D eigenvalue weighted by Gasteiger charge is 2.23. The van der Waals surface area contributed by atoms with E-state index in [1.165, 1.54) is 5.56 Å². The monoisotopic (exact) mass is 291 g/mol. The number of amides is 1. The third-order valence-corrected chi connectivity index (χ3v) is 3.43. The molecule has 116 valence electrons. The van der Waals surface area contributed by atoms with Gasteiger partial charge in [-0.2, -0.15) is 0 Å². The van der Waals surface area contributed by atoms with Gasteiger partial charge < -0.3 is 10.4 Å². The zero-order valence-electron chi connectivity index (χ0n) is 13.2. The van der Waals surface area contributed by atoms with E-state index in [4.69, 9.17) is 5.11 Å². The van der Waals surface area contributed by atoms with Crippen molar-refractivity contribution in [2.45, 2.75) is 46.6 Å². The van der Waals surface area contributed by atoms with Crippen molar-refractivity contribution in [2.24, 2.45) is 11.8 Å². The van der Waals surface area contributed by atoms with Gasteiger partial charge in [0.15, 0.2) is 0 Å². The minimum Gasteiger partial charge on any atom is -0.480 e. The molecule has 0 bridgehead atoms. The SMILES string of the molecule is Cc1ccc(CC(C)C(=O)N[C@@H](CC(C)C)C(=O)O)cc1. The van der Waals surface area contributed by atoms with Crippen LogP contribution in [0.2, 0.25) is 0 Å². The molecule has 1 amide bonds. The van der Waals surface area contributed by atoms with Crippen molar-refractivity contribution < 1.29 is 14.7 Å². The number of nitrogens with one attached hydrogen (secondary N) is 1. The van der Waals surface area contributed by atoms with Gasteiger partial charge in [0.1, 0.15) is 6.04 Å². The number of aliphatic carboxylic acids is 1. The number of hydrogen-bond acceptors (Lipinski definition) is 2. The normalized spacial score (nSPS) is 13.8. The molecule has 0 aromatic heterocycles. The van der Waals surface area contributed by atoms with Crippen LogP contribution in [0.4, 0.5) is 0 Å². The first-order valence-electron chi connectivity index (χ1n) is 7.38. The van der Waals surface area contributed by atoms with Gasteiger partial charge in [-0.05, 0) is 31.2 Å². The quantitative estimate of drug-likeness (QED) is 0.812. The molecule has 0 fully saturated rings. The molecule has 0 radical (unpaired) electrons. The van der Waals surface area contributed by atoms with E-state index in [9.17, 15) is 9.59 Å². The number of carboxylic acids is 1. The lowest BCUT2D eigenvalue weighted by atomic mass is 9.98. The molecule has 0 aliphatic carbocycles. The summed E-state index contributed by atoms with van der Waals surface area (Å²) in [6.07, 6.45) is 1.05. The molecule has 21 heavy (non-hydrogen) atoms. The van der Waals surface area contributed by atoms with Crippen molar-refractivity contribution in [3.05, 3.63) is 35.4 Å². The molecule has 0 aliphatic rings. The number of benzene rings is 1. The highest BCUT2D eigenvalue weighted by Crippen LogP contribution is 2.12. The summed E-state index contributed by atoms with van der Waals surface area (Å²) in [6, 6.07) is 7.22. The highest BCUT2D eigenvalue weighted by atomic mass is 16.4. The van der Waals surface area contributed by atoms with E-state index in [1.54, 1.807) is 0 Å². The summed E-state index contributed by atoms with van der Waals surface area (Å²) in [5.74, 6) is -1.20. The second kappa shape index (κ2) is 7.81. The van der Waals surface area contributed by atoms with Crippen molar-refractivity contribution in [1.29, 1.82) is 0 Å². The number of carbonyl (C=O) groups is 2. The molecule has 1 rings (SSSR count). The minimum absolute atomic E-state index is 0.205. The standard InChI is InChI=1S/C17H25NO3/c1-11(2)9-15(17(20)21)18-16(19)13(4)10-14-7-5-12(3)6-8-14/h5-8,11,13,15H,9-10H2,1-4H3,(H,18,19)(H,20,21)/t13?,15-/m0/s1. The van der Waals surface area contributed by atoms with Crippen molar-refractivity contribution in [3.8, 4) is 0 Å². The fourth-order valence-corrected chi connectivity index (χ4v) is 2.18. The van der Waals surface area contributed by atoms with Gasteiger partial charge in [-0.25, -0.2) is 4.79 Å². The van der Waals surface area contributed by atoms with Gasteiger partial charge in [0.25, 0.3) is 0 Å². The largest absolute Gasteiger partial charge is 0.480 e. The minimum atomic E-state index is -0.973. The Kier molecular flexibility index (Phi) is 6.40. The van der Waals surface area contributed by atoms with Gasteiger partial charge >= 0.3 is 5.97 Å². The van der Waals surface area contributed by atoms with E-state index in [0.29, 0.717) is 12.8 Å². The maximum Gasteiger partial charge on any atom is 0.326 e. The lowest BCUT2D eigenvalue weighted by molar-refractivity contribution is -0.142. The first-order chi connectivity index (χ1) is 9.79. The summed E-state index contributed by atoms with van der Waals surface area (Å²) in [6.45, 7) is 7.72. The number of carboxylic acid groups (broad SMARTS) is 1. The molecule has 0 saturated heterocycles. The smallest absolute Gasteiger partial charge is 0.326 e. The van der Waals surface area contributed by atoms with E-state index in [2.05, 4.69) is 5.32 Å². The molecular formula is C17H25NO3. The fraction of sp³-hybridized carbons (Fsp3) is 0.529. The zero-order chi connectivity index (χ0) is 16.0. The topological polar surface area (TPSA) is 66.4 Å². The van der Waals surface area contributed by atoms with Crippen molar-refractivity contribution in [3.63, 3.8) is 0 Å². The molecule has 0 aliphatic heterocycles. The molecule has 0 spiro atoms. The molecule has 1 aromatic carbocycles. The molecule has 4 heteroatoms. The lowest BCUT2D eigenvalue weighted by Crippen LogP contribution is -2.44. The van der Waals surface area contributed by atoms with Gasteiger partial charge in [0.2, 0.25) is 5.91 Å². The van der Waals surface area contributed by atoms with Crippen LogP contribution < -0.4 is 5.32 Å². The Balaban J connectivity index is 2.60. The molecule has 4 nitrogen and oxygen atoms in total. The second-order valence-electron chi connectivity index (χ2n) is 6.12. The Morgan fingerprint density at radius 3 is 2.19 bits per heavy atom. The van der Waals surface area contributed by atoms with Gasteiger partial charge in [-0.15, -0.1) is 0 Å². The van der Waals surface area contributed by atoms with Gasteiger partial charge in [0, 0.05) is 5.92 Å². The third kappa shape index (κ3) is 5.98. The van der Waals surface area contributed by atoms with Crippen LogP contribution in [0, 0.1) is 18.8 Å². The van der Waals surface area contributed by atoms with Gasteiger partial charge in [-0.3, -0.25) is 4.79 Å². The van der Waals surface area contributed by atoms with Crippen LogP contribution in [0.15, 0.2) is 24.3 Å². The number of carbonyl (C=O) groups excluding carboxylic acids is 1. The predicted octanol–water partition coefficient (Wildman–Crippen LogP) is 2.79. The average molecular weight is 291 g/mol. The third-order valence-electron chi connectivity index (χ3n) is 3.43. The summed E-state index contributed by atoms with van der Waals surface area (Å²) in [7, 11) is 0. The molecule has 0 heterocycles. The van der Waals surface area contributed by atoms with Crippen LogP contribution in [0.3, 0.4) is 0 Å². The van der Waals surface area contributed by atoms with Gasteiger partial charge in [0.05, 0.1) is 0 Å². The van der Waals surface area contributed by atoms with Crippen molar-refractivity contribution in [2.75, 3.05) is 0 Å². The predicted molar refractivity (Wildman–Crippen MR) is 83.1 cm³/mol. The molecule has 1 unspecified atom stereocenters. The van der Waals surface area contributed by atoms with E-state index >= 15 is 0 Å². The van der Waals surface area contributed by atoms with Crippen LogP contribution in [-0.2, 0) is 16.0 Å². The number of rotatable bonds is 7. The zero-order valence-corrected chi connectivity index (χ0v) is 13.2. The Bertz CT molecular complexity index is 479. The first kappa shape index (κ1) is 17.2. The lowest BCUT2D eigenvalue weighted by Gasteiger charge is -2.19. The number of hydrogen-bond donors (Lipinski definition) is 2. The molecule has 1 aromatic rings. The maximum absolute atomic E-state index is 12.1. The van der Waals surface area contributed by atoms with Crippen molar-refractivity contribution in [1.82, 2.24) is 5.32 Å². The van der Waals surface area contributed by atoms with Crippen LogP contribution in [0.25, 0.3) is 0 Å². The molecule has 0 saturated carbocycles.